The smallest absolute Gasteiger partial charge is 0.287 e. The van der Waals surface area contributed by atoms with Crippen LogP contribution in [0, 0.1) is 0 Å². The zero-order chi connectivity index (χ0) is 13.4. The first kappa shape index (κ1) is 12.2. The lowest BCUT2D eigenvalue weighted by atomic mass is 10.3. The van der Waals surface area contributed by atoms with Crippen LogP contribution >= 0.6 is 23.2 Å². The summed E-state index contributed by atoms with van der Waals surface area (Å²) in [5, 5.41) is 3.96. The molecule has 5 nitrogen and oxygen atoms in total. The van der Waals surface area contributed by atoms with Crippen LogP contribution in [0.4, 0.5) is 0 Å². The van der Waals surface area contributed by atoms with Gasteiger partial charge in [0.25, 0.3) is 5.56 Å². The molecule has 0 unspecified atom stereocenters. The van der Waals surface area contributed by atoms with E-state index < -0.39 is 5.56 Å². The number of fused-ring (bicyclic) bond motifs is 1. The Morgan fingerprint density at radius 1 is 1.26 bits per heavy atom. The number of aromatic nitrogens is 3. The maximum atomic E-state index is 11.8. The number of hydrogen-bond donors (Lipinski definition) is 0. The second-order valence-electron chi connectivity index (χ2n) is 3.84. The van der Waals surface area contributed by atoms with Crippen LogP contribution in [0.25, 0.3) is 11.1 Å². The van der Waals surface area contributed by atoms with Gasteiger partial charge < -0.3 is 4.42 Å². The minimum atomic E-state index is -0.476. The van der Waals surface area contributed by atoms with Crippen LogP contribution in [0.5, 0.6) is 0 Å². The molecule has 0 spiro atoms. The first-order chi connectivity index (χ1) is 9.15. The molecule has 2 heterocycles. The molecule has 0 radical (unpaired) electrons. The van der Waals surface area contributed by atoms with Crippen LogP contribution in [-0.4, -0.2) is 14.8 Å². The van der Waals surface area contributed by atoms with E-state index in [1.807, 2.05) is 18.2 Å². The van der Waals surface area contributed by atoms with Gasteiger partial charge in [-0.25, -0.2) is 9.67 Å². The maximum absolute atomic E-state index is 11.8. The number of hydrogen-bond acceptors (Lipinski definition) is 4. The third-order valence-electron chi connectivity index (χ3n) is 2.57. The number of rotatable bonds is 2. The van der Waals surface area contributed by atoms with Gasteiger partial charge in [0.1, 0.15) is 17.1 Å². The third-order valence-corrected chi connectivity index (χ3v) is 3.31. The molecule has 96 valence electrons. The Bertz CT molecular complexity index is 777. The van der Waals surface area contributed by atoms with E-state index in [9.17, 15) is 4.79 Å². The molecular weight excluding hydrogens is 289 g/mol. The molecule has 19 heavy (non-hydrogen) atoms. The summed E-state index contributed by atoms with van der Waals surface area (Å²) < 4.78 is 6.66. The molecule has 3 aromatic rings. The van der Waals surface area contributed by atoms with Crippen molar-refractivity contribution in [1.29, 1.82) is 0 Å². The molecule has 7 heteroatoms. The van der Waals surface area contributed by atoms with Gasteiger partial charge in [-0.3, -0.25) is 4.79 Å². The van der Waals surface area contributed by atoms with E-state index in [1.165, 1.54) is 6.20 Å². The fourth-order valence-corrected chi connectivity index (χ4v) is 1.94. The van der Waals surface area contributed by atoms with Crippen LogP contribution in [0.1, 0.15) is 5.89 Å². The molecule has 0 amide bonds. The molecule has 0 fully saturated rings. The summed E-state index contributed by atoms with van der Waals surface area (Å²) in [5.41, 5.74) is 0.910. The van der Waals surface area contributed by atoms with Gasteiger partial charge in [-0.05, 0) is 12.1 Å². The minimum absolute atomic E-state index is 0.0622. The number of nitrogens with zero attached hydrogens (tertiary/aromatic N) is 3. The second kappa shape index (κ2) is 4.68. The van der Waals surface area contributed by atoms with Crippen molar-refractivity contribution >= 4 is 34.3 Å². The molecule has 3 rings (SSSR count). The van der Waals surface area contributed by atoms with E-state index in [4.69, 9.17) is 27.6 Å². The van der Waals surface area contributed by atoms with Gasteiger partial charge in [-0.1, -0.05) is 35.3 Å². The largest absolute Gasteiger partial charge is 0.439 e. The van der Waals surface area contributed by atoms with Crippen LogP contribution < -0.4 is 5.56 Å². The van der Waals surface area contributed by atoms with Crippen molar-refractivity contribution in [3.63, 3.8) is 0 Å². The Morgan fingerprint density at radius 3 is 2.84 bits per heavy atom. The zero-order valence-electron chi connectivity index (χ0n) is 9.51. The van der Waals surface area contributed by atoms with Gasteiger partial charge in [0.15, 0.2) is 5.58 Å². The first-order valence-corrected chi connectivity index (χ1v) is 6.16. The van der Waals surface area contributed by atoms with Crippen molar-refractivity contribution in [1.82, 2.24) is 14.8 Å². The second-order valence-corrected chi connectivity index (χ2v) is 4.63. The number of oxazole rings is 1. The molecule has 0 N–H and O–H groups in total. The lowest BCUT2D eigenvalue weighted by Crippen LogP contribution is -2.23. The Labute approximate surface area is 117 Å². The predicted octanol–water partition coefficient (Wildman–Crippen LogP) is 2.74. The van der Waals surface area contributed by atoms with E-state index in [0.29, 0.717) is 11.5 Å². The van der Waals surface area contributed by atoms with Gasteiger partial charge in [0.2, 0.25) is 5.89 Å². The molecule has 0 bridgehead atoms. The van der Waals surface area contributed by atoms with Crippen molar-refractivity contribution in [2.24, 2.45) is 0 Å². The molecule has 0 saturated carbocycles. The van der Waals surface area contributed by atoms with E-state index in [2.05, 4.69) is 10.1 Å². The highest BCUT2D eigenvalue weighted by Crippen LogP contribution is 2.17. The molecule has 1 aromatic carbocycles. The SMILES string of the molecule is O=c1c(Cl)c(Cl)cnn1Cc1nc2ccccc2o1. The van der Waals surface area contributed by atoms with Crippen LogP contribution in [0.3, 0.4) is 0 Å². The number of benzene rings is 1. The average Bonchev–Trinajstić information content (AvgIpc) is 2.82. The standard InChI is InChI=1S/C12H7Cl2N3O2/c13-7-5-15-17(12(18)11(7)14)6-10-16-8-3-1-2-4-9(8)19-10/h1-5H,6H2. The van der Waals surface area contributed by atoms with Crippen LogP contribution in [-0.2, 0) is 6.54 Å². The summed E-state index contributed by atoms with van der Waals surface area (Å²) >= 11 is 11.5. The molecular formula is C12H7Cl2N3O2. The molecule has 0 atom stereocenters. The highest BCUT2D eigenvalue weighted by Gasteiger charge is 2.11. The lowest BCUT2D eigenvalue weighted by molar-refractivity contribution is 0.481. The fraction of sp³-hybridized carbons (Fsp3) is 0.0833. The molecule has 0 aliphatic carbocycles. The van der Waals surface area contributed by atoms with Crippen molar-refractivity contribution < 1.29 is 4.42 Å². The summed E-state index contributed by atoms with van der Waals surface area (Å²) in [6.07, 6.45) is 1.31. The Balaban J connectivity index is 2.01. The van der Waals surface area contributed by atoms with Crippen molar-refractivity contribution in [3.05, 3.63) is 56.8 Å². The highest BCUT2D eigenvalue weighted by molar-refractivity contribution is 6.41. The topological polar surface area (TPSA) is 60.9 Å². The quantitative estimate of drug-likeness (QED) is 0.729. The Kier molecular flexibility index (Phi) is 3.00. The molecule has 0 aliphatic heterocycles. The number of para-hydroxylation sites is 2. The van der Waals surface area contributed by atoms with Crippen LogP contribution in [0.15, 0.2) is 39.7 Å². The normalized spacial score (nSPS) is 11.1. The molecule has 2 aromatic heterocycles. The van der Waals surface area contributed by atoms with Gasteiger partial charge >= 0.3 is 0 Å². The van der Waals surface area contributed by atoms with Gasteiger partial charge in [-0.2, -0.15) is 5.10 Å². The maximum Gasteiger partial charge on any atom is 0.287 e. The monoisotopic (exact) mass is 295 g/mol. The fourth-order valence-electron chi connectivity index (χ4n) is 1.67. The van der Waals surface area contributed by atoms with Gasteiger partial charge in [-0.15, -0.1) is 0 Å². The lowest BCUT2D eigenvalue weighted by Gasteiger charge is -2.01. The highest BCUT2D eigenvalue weighted by atomic mass is 35.5. The Morgan fingerprint density at radius 2 is 2.05 bits per heavy atom. The number of halogens is 2. The van der Waals surface area contributed by atoms with E-state index in [1.54, 1.807) is 6.07 Å². The van der Waals surface area contributed by atoms with E-state index in [-0.39, 0.29) is 16.6 Å². The molecule has 0 aliphatic rings. The van der Waals surface area contributed by atoms with Gasteiger partial charge in [0, 0.05) is 0 Å². The average molecular weight is 296 g/mol. The van der Waals surface area contributed by atoms with Crippen molar-refractivity contribution in [3.8, 4) is 0 Å². The summed E-state index contributed by atoms with van der Waals surface area (Å²) in [6.45, 7) is 0.102. The third kappa shape index (κ3) is 2.22. The summed E-state index contributed by atoms with van der Waals surface area (Å²) in [7, 11) is 0. The van der Waals surface area contributed by atoms with E-state index >= 15 is 0 Å². The van der Waals surface area contributed by atoms with Crippen molar-refractivity contribution in [2.45, 2.75) is 6.54 Å². The Hall–Kier alpha value is -1.85. The summed E-state index contributed by atoms with van der Waals surface area (Å²) in [4.78, 5) is 16.1. The zero-order valence-corrected chi connectivity index (χ0v) is 11.0. The predicted molar refractivity (Wildman–Crippen MR) is 71.6 cm³/mol. The summed E-state index contributed by atoms with van der Waals surface area (Å²) in [6, 6.07) is 7.34. The van der Waals surface area contributed by atoms with Crippen LogP contribution in [0.2, 0.25) is 10.0 Å². The van der Waals surface area contributed by atoms with Crippen molar-refractivity contribution in [2.75, 3.05) is 0 Å². The molecule has 0 saturated heterocycles. The van der Waals surface area contributed by atoms with E-state index in [0.717, 1.165) is 10.2 Å². The minimum Gasteiger partial charge on any atom is -0.439 e. The first-order valence-electron chi connectivity index (χ1n) is 5.41. The summed E-state index contributed by atoms with van der Waals surface area (Å²) in [5.74, 6) is 0.384. The van der Waals surface area contributed by atoms with Gasteiger partial charge in [0.05, 0.1) is 11.2 Å².